The van der Waals surface area contributed by atoms with E-state index in [1.54, 1.807) is 6.20 Å². The summed E-state index contributed by atoms with van der Waals surface area (Å²) in [5.41, 5.74) is 0. The number of aromatic nitrogens is 1. The van der Waals surface area contributed by atoms with Crippen molar-refractivity contribution in [2.75, 3.05) is 5.32 Å². The quantitative estimate of drug-likeness (QED) is 0.569. The van der Waals surface area contributed by atoms with Crippen molar-refractivity contribution in [1.82, 2.24) is 4.98 Å². The number of nitrogens with zero attached hydrogens (tertiary/aromatic N) is 1. The van der Waals surface area contributed by atoms with Crippen molar-refractivity contribution in [1.29, 1.82) is 0 Å². The molecule has 0 aliphatic carbocycles. The summed E-state index contributed by atoms with van der Waals surface area (Å²) in [6, 6.07) is 6.29. The standard InChI is InChI=1S/C8H12N2.H3O4P/c1-7(2)10-8-5-3-4-6-9-8;1-5(2,3)4/h3-7H,1-2H3,(H,9,10);(H3,1,2,3,4). The van der Waals surface area contributed by atoms with E-state index in [4.69, 9.17) is 19.2 Å². The van der Waals surface area contributed by atoms with Gasteiger partial charge in [-0.2, -0.15) is 0 Å². The van der Waals surface area contributed by atoms with Crippen LogP contribution in [0.15, 0.2) is 24.4 Å². The number of phosphoric acid groups is 1. The fourth-order valence-electron chi connectivity index (χ4n) is 0.744. The molecule has 0 aliphatic heterocycles. The SMILES string of the molecule is CC(C)Nc1ccccn1.O=P(O)(O)O. The second-order valence-corrected chi connectivity index (χ2v) is 4.05. The highest BCUT2D eigenvalue weighted by Gasteiger charge is 2.00. The normalized spacial score (nSPS) is 10.5. The van der Waals surface area contributed by atoms with Gasteiger partial charge in [0.25, 0.3) is 0 Å². The molecule has 1 aromatic heterocycles. The third kappa shape index (κ3) is 13.1. The highest BCUT2D eigenvalue weighted by molar-refractivity contribution is 7.45. The van der Waals surface area contributed by atoms with E-state index in [-0.39, 0.29) is 0 Å². The molecule has 1 heterocycles. The van der Waals surface area contributed by atoms with Crippen LogP contribution in [0.25, 0.3) is 0 Å². The average Bonchev–Trinajstić information content (AvgIpc) is 2.01. The molecular weight excluding hydrogens is 219 g/mol. The number of anilines is 1. The van der Waals surface area contributed by atoms with Crippen molar-refractivity contribution in [2.45, 2.75) is 19.9 Å². The molecule has 4 N–H and O–H groups in total. The molecule has 86 valence electrons. The van der Waals surface area contributed by atoms with Crippen LogP contribution in [0, 0.1) is 0 Å². The lowest BCUT2D eigenvalue weighted by atomic mass is 10.4. The summed E-state index contributed by atoms with van der Waals surface area (Å²) in [7, 11) is -4.64. The Labute approximate surface area is 88.2 Å². The minimum Gasteiger partial charge on any atom is -0.368 e. The molecule has 1 rings (SSSR count). The average molecular weight is 234 g/mol. The zero-order valence-corrected chi connectivity index (χ0v) is 9.43. The molecule has 7 heteroatoms. The van der Waals surface area contributed by atoms with Crippen LogP contribution in [0.3, 0.4) is 0 Å². The lowest BCUT2D eigenvalue weighted by Gasteiger charge is -2.06. The van der Waals surface area contributed by atoms with Gasteiger partial charge in [0.05, 0.1) is 0 Å². The fraction of sp³-hybridized carbons (Fsp3) is 0.375. The van der Waals surface area contributed by atoms with Crippen molar-refractivity contribution in [3.8, 4) is 0 Å². The van der Waals surface area contributed by atoms with E-state index < -0.39 is 7.82 Å². The minimum absolute atomic E-state index is 0.454. The van der Waals surface area contributed by atoms with Crippen LogP contribution >= 0.6 is 7.82 Å². The summed E-state index contributed by atoms with van der Waals surface area (Å²) in [4.78, 5) is 25.7. The Hall–Kier alpha value is -0.940. The largest absolute Gasteiger partial charge is 0.466 e. The molecule has 6 nitrogen and oxygen atoms in total. The molecule has 15 heavy (non-hydrogen) atoms. The number of pyridine rings is 1. The predicted octanol–water partition coefficient (Wildman–Crippen LogP) is 0.973. The maximum atomic E-state index is 8.88. The van der Waals surface area contributed by atoms with Gasteiger partial charge in [0, 0.05) is 12.2 Å². The molecule has 0 bridgehead atoms. The molecule has 0 radical (unpaired) electrons. The van der Waals surface area contributed by atoms with Gasteiger partial charge in [-0.25, -0.2) is 9.55 Å². The van der Waals surface area contributed by atoms with Gasteiger partial charge in [0.1, 0.15) is 5.82 Å². The van der Waals surface area contributed by atoms with Crippen LogP contribution in [-0.2, 0) is 4.57 Å². The van der Waals surface area contributed by atoms with Gasteiger partial charge in [-0.3, -0.25) is 0 Å². The first-order chi connectivity index (χ1) is 6.79. The Kier molecular flexibility index (Phi) is 6.12. The van der Waals surface area contributed by atoms with Gasteiger partial charge in [-0.15, -0.1) is 0 Å². The van der Waals surface area contributed by atoms with Crippen LogP contribution in [0.1, 0.15) is 13.8 Å². The van der Waals surface area contributed by atoms with Gasteiger partial charge in [0.15, 0.2) is 0 Å². The van der Waals surface area contributed by atoms with Gasteiger partial charge in [0.2, 0.25) is 0 Å². The molecule has 0 fully saturated rings. The Bertz CT molecular complexity index is 303. The van der Waals surface area contributed by atoms with Crippen molar-refractivity contribution < 1.29 is 19.2 Å². The molecule has 0 atom stereocenters. The first-order valence-corrected chi connectivity index (χ1v) is 5.81. The molecule has 0 unspecified atom stereocenters. The van der Waals surface area contributed by atoms with Crippen molar-refractivity contribution >= 4 is 13.6 Å². The van der Waals surface area contributed by atoms with Gasteiger partial charge < -0.3 is 20.0 Å². The first kappa shape index (κ1) is 14.1. The summed E-state index contributed by atoms with van der Waals surface area (Å²) in [5.74, 6) is 0.942. The third-order valence-corrected chi connectivity index (χ3v) is 1.10. The Morgan fingerprint density at radius 2 is 1.87 bits per heavy atom. The molecular formula is C8H15N2O4P. The molecule has 0 spiro atoms. The molecule has 0 saturated heterocycles. The van der Waals surface area contributed by atoms with Crippen LogP contribution in [0.5, 0.6) is 0 Å². The van der Waals surface area contributed by atoms with Crippen LogP contribution in [0.2, 0.25) is 0 Å². The predicted molar refractivity (Wildman–Crippen MR) is 57.3 cm³/mol. The van der Waals surface area contributed by atoms with E-state index in [9.17, 15) is 0 Å². The molecule has 0 amide bonds. The summed E-state index contributed by atoms with van der Waals surface area (Å²) >= 11 is 0. The van der Waals surface area contributed by atoms with Crippen LogP contribution in [0.4, 0.5) is 5.82 Å². The van der Waals surface area contributed by atoms with Gasteiger partial charge in [-0.1, -0.05) is 6.07 Å². The molecule has 0 aliphatic rings. The van der Waals surface area contributed by atoms with Crippen LogP contribution in [-0.4, -0.2) is 25.7 Å². The van der Waals surface area contributed by atoms with E-state index >= 15 is 0 Å². The van der Waals surface area contributed by atoms with Gasteiger partial charge in [-0.05, 0) is 26.0 Å². The maximum absolute atomic E-state index is 8.88. The Morgan fingerprint density at radius 3 is 2.20 bits per heavy atom. The summed E-state index contributed by atoms with van der Waals surface area (Å²) < 4.78 is 8.88. The monoisotopic (exact) mass is 234 g/mol. The minimum atomic E-state index is -4.64. The number of hydrogen-bond donors (Lipinski definition) is 4. The zero-order valence-electron chi connectivity index (χ0n) is 8.53. The van der Waals surface area contributed by atoms with Gasteiger partial charge >= 0.3 is 7.82 Å². The number of hydrogen-bond acceptors (Lipinski definition) is 3. The summed E-state index contributed by atoms with van der Waals surface area (Å²) in [5, 5.41) is 3.19. The van der Waals surface area contributed by atoms with E-state index in [2.05, 4.69) is 24.1 Å². The Morgan fingerprint density at radius 1 is 1.33 bits per heavy atom. The second kappa shape index (κ2) is 6.53. The number of rotatable bonds is 2. The molecule has 0 aromatic carbocycles. The lowest BCUT2D eigenvalue weighted by molar-refractivity contribution is 0.275. The van der Waals surface area contributed by atoms with Crippen molar-refractivity contribution in [2.24, 2.45) is 0 Å². The van der Waals surface area contributed by atoms with E-state index in [0.29, 0.717) is 6.04 Å². The number of nitrogens with one attached hydrogen (secondary N) is 1. The Balaban J connectivity index is 0.000000336. The molecule has 1 aromatic rings. The summed E-state index contributed by atoms with van der Waals surface area (Å²) in [6.45, 7) is 4.18. The van der Waals surface area contributed by atoms with Crippen molar-refractivity contribution in [3.05, 3.63) is 24.4 Å². The first-order valence-electron chi connectivity index (χ1n) is 4.25. The lowest BCUT2D eigenvalue weighted by Crippen LogP contribution is -2.10. The summed E-state index contributed by atoms with van der Waals surface area (Å²) in [6.07, 6.45) is 1.78. The van der Waals surface area contributed by atoms with E-state index in [0.717, 1.165) is 5.82 Å². The third-order valence-electron chi connectivity index (χ3n) is 1.10. The van der Waals surface area contributed by atoms with E-state index in [1.165, 1.54) is 0 Å². The maximum Gasteiger partial charge on any atom is 0.466 e. The van der Waals surface area contributed by atoms with Crippen molar-refractivity contribution in [3.63, 3.8) is 0 Å². The highest BCUT2D eigenvalue weighted by atomic mass is 31.2. The van der Waals surface area contributed by atoms with Crippen LogP contribution < -0.4 is 5.32 Å². The highest BCUT2D eigenvalue weighted by Crippen LogP contribution is 2.25. The fourth-order valence-corrected chi connectivity index (χ4v) is 0.744. The topological polar surface area (TPSA) is 103 Å². The zero-order chi connectivity index (χ0) is 11.9. The molecule has 0 saturated carbocycles. The second-order valence-electron chi connectivity index (χ2n) is 3.03. The van der Waals surface area contributed by atoms with E-state index in [1.807, 2.05) is 18.2 Å². The smallest absolute Gasteiger partial charge is 0.368 e.